The van der Waals surface area contributed by atoms with Gasteiger partial charge in [0.2, 0.25) is 5.91 Å². The standard InChI is InChI=1S/C15H12FN3O3S/c1-8-6-9-13(23-8)18-15(22)19(14(9)21)7-12(20)17-11-5-3-2-4-10(11)16/h2-6H,7H2,1H3,(H,17,20)(H,18,22). The van der Waals surface area contributed by atoms with E-state index < -0.39 is 29.5 Å². The van der Waals surface area contributed by atoms with Crippen molar-refractivity contribution in [1.82, 2.24) is 9.55 Å². The summed E-state index contributed by atoms with van der Waals surface area (Å²) in [6.45, 7) is 1.32. The summed E-state index contributed by atoms with van der Waals surface area (Å²) in [4.78, 5) is 40.2. The Morgan fingerprint density at radius 1 is 1.35 bits per heavy atom. The fraction of sp³-hybridized carbons (Fsp3) is 0.133. The van der Waals surface area contributed by atoms with Crippen LogP contribution in [-0.4, -0.2) is 15.5 Å². The van der Waals surface area contributed by atoms with Gasteiger partial charge >= 0.3 is 5.69 Å². The van der Waals surface area contributed by atoms with Crippen molar-refractivity contribution in [2.45, 2.75) is 13.5 Å². The van der Waals surface area contributed by atoms with Crippen LogP contribution in [0.15, 0.2) is 39.9 Å². The highest BCUT2D eigenvalue weighted by Crippen LogP contribution is 2.18. The average molecular weight is 333 g/mol. The van der Waals surface area contributed by atoms with Gasteiger partial charge in [-0.05, 0) is 25.1 Å². The minimum absolute atomic E-state index is 0.00515. The minimum atomic E-state index is -0.673. The summed E-state index contributed by atoms with van der Waals surface area (Å²) in [6, 6.07) is 7.31. The molecule has 3 aromatic rings. The van der Waals surface area contributed by atoms with E-state index in [0.29, 0.717) is 10.2 Å². The first-order valence-electron chi connectivity index (χ1n) is 6.73. The number of aromatic nitrogens is 2. The molecule has 23 heavy (non-hydrogen) atoms. The third-order valence-electron chi connectivity index (χ3n) is 3.25. The van der Waals surface area contributed by atoms with Crippen molar-refractivity contribution >= 4 is 33.1 Å². The Balaban J connectivity index is 1.92. The van der Waals surface area contributed by atoms with Crippen LogP contribution in [0.1, 0.15) is 4.88 Å². The fourth-order valence-corrected chi connectivity index (χ4v) is 3.10. The molecule has 1 aromatic carbocycles. The van der Waals surface area contributed by atoms with Gasteiger partial charge in [-0.1, -0.05) is 12.1 Å². The number of hydrogen-bond acceptors (Lipinski definition) is 4. The second-order valence-electron chi connectivity index (χ2n) is 4.95. The van der Waals surface area contributed by atoms with Crippen molar-refractivity contribution in [2.75, 3.05) is 5.32 Å². The average Bonchev–Trinajstić information content (AvgIpc) is 2.86. The van der Waals surface area contributed by atoms with Gasteiger partial charge in [-0.15, -0.1) is 11.3 Å². The molecule has 2 N–H and O–H groups in total. The molecule has 0 saturated heterocycles. The van der Waals surface area contributed by atoms with Gasteiger partial charge in [-0.2, -0.15) is 0 Å². The van der Waals surface area contributed by atoms with E-state index in [0.717, 1.165) is 9.44 Å². The number of nitrogens with zero attached hydrogens (tertiary/aromatic N) is 1. The molecule has 6 nitrogen and oxygen atoms in total. The molecular weight excluding hydrogens is 321 g/mol. The summed E-state index contributed by atoms with van der Waals surface area (Å²) in [7, 11) is 0. The van der Waals surface area contributed by atoms with Gasteiger partial charge in [0.1, 0.15) is 17.2 Å². The maximum atomic E-state index is 13.5. The molecule has 1 amide bonds. The molecule has 0 radical (unpaired) electrons. The van der Waals surface area contributed by atoms with Crippen molar-refractivity contribution in [2.24, 2.45) is 0 Å². The topological polar surface area (TPSA) is 84.0 Å². The Bertz CT molecular complexity index is 1020. The van der Waals surface area contributed by atoms with E-state index >= 15 is 0 Å². The number of rotatable bonds is 3. The summed E-state index contributed by atoms with van der Waals surface area (Å²) in [5.41, 5.74) is -1.22. The summed E-state index contributed by atoms with van der Waals surface area (Å²) < 4.78 is 14.3. The quantitative estimate of drug-likeness (QED) is 0.767. The second-order valence-corrected chi connectivity index (χ2v) is 6.21. The van der Waals surface area contributed by atoms with E-state index in [2.05, 4.69) is 10.3 Å². The number of thiophene rings is 1. The van der Waals surface area contributed by atoms with Crippen molar-refractivity contribution in [1.29, 1.82) is 0 Å². The molecule has 2 heterocycles. The van der Waals surface area contributed by atoms with Gasteiger partial charge in [-0.25, -0.2) is 9.18 Å². The third-order valence-corrected chi connectivity index (χ3v) is 4.21. The molecule has 0 aliphatic carbocycles. The van der Waals surface area contributed by atoms with Gasteiger partial charge < -0.3 is 5.32 Å². The first-order valence-corrected chi connectivity index (χ1v) is 7.55. The highest BCUT2D eigenvalue weighted by Gasteiger charge is 2.14. The van der Waals surface area contributed by atoms with E-state index in [1.807, 2.05) is 6.92 Å². The van der Waals surface area contributed by atoms with Crippen LogP contribution in [0.25, 0.3) is 10.2 Å². The number of nitrogens with one attached hydrogen (secondary N) is 2. The SMILES string of the molecule is Cc1cc2c(=O)n(CC(=O)Nc3ccccc3F)c(=O)[nH]c2s1. The Hall–Kier alpha value is -2.74. The number of para-hydroxylation sites is 1. The van der Waals surface area contributed by atoms with Crippen molar-refractivity contribution < 1.29 is 9.18 Å². The number of carbonyl (C=O) groups excluding carboxylic acids is 1. The van der Waals surface area contributed by atoms with Crippen LogP contribution in [-0.2, 0) is 11.3 Å². The molecule has 0 aliphatic heterocycles. The van der Waals surface area contributed by atoms with Crippen LogP contribution >= 0.6 is 11.3 Å². The highest BCUT2D eigenvalue weighted by molar-refractivity contribution is 7.18. The lowest BCUT2D eigenvalue weighted by Gasteiger charge is -2.07. The normalized spacial score (nSPS) is 10.9. The van der Waals surface area contributed by atoms with Gasteiger partial charge in [0, 0.05) is 4.88 Å². The summed E-state index contributed by atoms with van der Waals surface area (Å²) in [5.74, 6) is -1.25. The van der Waals surface area contributed by atoms with Crippen molar-refractivity contribution in [3.8, 4) is 0 Å². The minimum Gasteiger partial charge on any atom is -0.322 e. The zero-order valence-corrected chi connectivity index (χ0v) is 12.9. The predicted octanol–water partition coefficient (Wildman–Crippen LogP) is 1.84. The number of aryl methyl sites for hydroxylation is 1. The van der Waals surface area contributed by atoms with Crippen molar-refractivity contribution in [3.63, 3.8) is 0 Å². The zero-order valence-electron chi connectivity index (χ0n) is 12.1. The number of H-pyrrole nitrogens is 1. The summed E-state index contributed by atoms with van der Waals surface area (Å²) in [5, 5.41) is 2.70. The molecule has 0 unspecified atom stereocenters. The molecule has 0 aliphatic rings. The molecule has 0 fully saturated rings. The summed E-state index contributed by atoms with van der Waals surface area (Å²) >= 11 is 1.29. The monoisotopic (exact) mass is 333 g/mol. The number of halogens is 1. The molecule has 0 atom stereocenters. The molecule has 118 valence electrons. The Kier molecular flexibility index (Phi) is 3.83. The first kappa shape index (κ1) is 15.2. The number of benzene rings is 1. The number of carbonyl (C=O) groups is 1. The Morgan fingerprint density at radius 3 is 2.83 bits per heavy atom. The van der Waals surface area contributed by atoms with E-state index in [9.17, 15) is 18.8 Å². The largest absolute Gasteiger partial charge is 0.329 e. The van der Waals surface area contributed by atoms with Crippen LogP contribution in [0.2, 0.25) is 0 Å². The van der Waals surface area contributed by atoms with Crippen LogP contribution in [0.4, 0.5) is 10.1 Å². The van der Waals surface area contributed by atoms with E-state index in [1.54, 1.807) is 12.1 Å². The molecular formula is C15H12FN3O3S. The Labute approximate surface area is 133 Å². The molecule has 0 spiro atoms. The number of hydrogen-bond donors (Lipinski definition) is 2. The predicted molar refractivity (Wildman–Crippen MR) is 86.5 cm³/mol. The lowest BCUT2D eigenvalue weighted by molar-refractivity contribution is -0.116. The van der Waals surface area contributed by atoms with Gasteiger partial charge in [-0.3, -0.25) is 19.1 Å². The highest BCUT2D eigenvalue weighted by atomic mass is 32.1. The number of anilines is 1. The van der Waals surface area contributed by atoms with Crippen molar-refractivity contribution in [3.05, 3.63) is 61.9 Å². The van der Waals surface area contributed by atoms with E-state index in [4.69, 9.17) is 0 Å². The van der Waals surface area contributed by atoms with Gasteiger partial charge in [0.15, 0.2) is 0 Å². The Morgan fingerprint density at radius 2 is 2.09 bits per heavy atom. The second kappa shape index (κ2) is 5.81. The first-order chi connectivity index (χ1) is 11.0. The lowest BCUT2D eigenvalue weighted by atomic mass is 10.3. The number of amides is 1. The lowest BCUT2D eigenvalue weighted by Crippen LogP contribution is -2.38. The van der Waals surface area contributed by atoms with Gasteiger partial charge in [0.25, 0.3) is 5.56 Å². The zero-order chi connectivity index (χ0) is 16.6. The fourth-order valence-electron chi connectivity index (χ4n) is 2.21. The smallest absolute Gasteiger partial charge is 0.322 e. The van der Waals surface area contributed by atoms with Gasteiger partial charge in [0.05, 0.1) is 11.1 Å². The number of fused-ring (bicyclic) bond motifs is 1. The van der Waals surface area contributed by atoms with E-state index in [1.165, 1.54) is 29.5 Å². The molecule has 3 rings (SSSR count). The molecule has 8 heteroatoms. The third kappa shape index (κ3) is 2.93. The molecule has 0 bridgehead atoms. The maximum absolute atomic E-state index is 13.5. The van der Waals surface area contributed by atoms with Crippen LogP contribution in [0, 0.1) is 12.7 Å². The van der Waals surface area contributed by atoms with Crippen LogP contribution in [0.5, 0.6) is 0 Å². The molecule has 0 saturated carbocycles. The van der Waals surface area contributed by atoms with Crippen LogP contribution in [0.3, 0.4) is 0 Å². The van der Waals surface area contributed by atoms with Crippen LogP contribution < -0.4 is 16.6 Å². The maximum Gasteiger partial charge on any atom is 0.329 e. The molecule has 2 aromatic heterocycles. The van der Waals surface area contributed by atoms with E-state index in [-0.39, 0.29) is 5.69 Å². The number of aromatic amines is 1. The summed E-state index contributed by atoms with van der Waals surface area (Å²) in [6.07, 6.45) is 0.